The predicted octanol–water partition coefficient (Wildman–Crippen LogP) is 2.33. The summed E-state index contributed by atoms with van der Waals surface area (Å²) >= 11 is 1.47. The van der Waals surface area contributed by atoms with Crippen molar-refractivity contribution in [3.8, 4) is 5.69 Å². The van der Waals surface area contributed by atoms with Crippen LogP contribution >= 0.6 is 11.8 Å². The van der Waals surface area contributed by atoms with Gasteiger partial charge in [0.15, 0.2) is 5.65 Å². The van der Waals surface area contributed by atoms with Gasteiger partial charge in [-0.1, -0.05) is 0 Å². The minimum Gasteiger partial charge on any atom is -0.229 e. The van der Waals surface area contributed by atoms with E-state index in [0.29, 0.717) is 23.5 Å². The lowest BCUT2D eigenvalue weighted by Gasteiger charge is -2.10. The van der Waals surface area contributed by atoms with E-state index in [0.717, 1.165) is 10.4 Å². The average molecular weight is 395 g/mol. The fourth-order valence-corrected chi connectivity index (χ4v) is 4.26. The van der Waals surface area contributed by atoms with Crippen molar-refractivity contribution in [2.45, 2.75) is 11.4 Å². The van der Waals surface area contributed by atoms with Crippen LogP contribution in [0.4, 0.5) is 4.39 Å². The van der Waals surface area contributed by atoms with Crippen molar-refractivity contribution < 1.29 is 12.8 Å². The summed E-state index contributed by atoms with van der Waals surface area (Å²) in [5.74, 6) is 0.389. The Labute approximate surface area is 155 Å². The smallest absolute Gasteiger partial charge is 0.213 e. The van der Waals surface area contributed by atoms with Crippen LogP contribution in [-0.2, 0) is 10.0 Å². The van der Waals surface area contributed by atoms with Gasteiger partial charge in [0.25, 0.3) is 0 Å². The molecule has 1 aromatic carbocycles. The van der Waals surface area contributed by atoms with Gasteiger partial charge in [0.2, 0.25) is 10.0 Å². The maximum Gasteiger partial charge on any atom is 0.213 e. The lowest BCUT2D eigenvalue weighted by Crippen LogP contribution is -2.25. The van der Waals surface area contributed by atoms with Crippen LogP contribution in [-0.4, -0.2) is 58.1 Å². The van der Waals surface area contributed by atoms with Crippen molar-refractivity contribution >= 4 is 32.8 Å². The fourth-order valence-electron chi connectivity index (χ4n) is 2.30. The minimum absolute atomic E-state index is 0.0933. The normalized spacial score (nSPS) is 12.2. The van der Waals surface area contributed by atoms with Crippen LogP contribution in [0.1, 0.15) is 6.42 Å². The standard InChI is InChI=1S/C16H18FN5O2S2/c1-21(2)26(23,24)9-3-8-25-16-14-10-20-22(15(14)18-11-19-16)13-6-4-12(17)5-7-13/h4-7,10-11H,3,8-9H2,1-2H3. The van der Waals surface area contributed by atoms with Crippen LogP contribution < -0.4 is 0 Å². The molecule has 0 unspecified atom stereocenters. The third kappa shape index (κ3) is 4.02. The van der Waals surface area contributed by atoms with E-state index in [9.17, 15) is 12.8 Å². The quantitative estimate of drug-likeness (QED) is 0.347. The molecule has 0 fully saturated rings. The largest absolute Gasteiger partial charge is 0.229 e. The van der Waals surface area contributed by atoms with Gasteiger partial charge in [-0.05, 0) is 30.7 Å². The first-order chi connectivity index (χ1) is 12.4. The Kier molecular flexibility index (Phi) is 5.54. The van der Waals surface area contributed by atoms with E-state index in [4.69, 9.17) is 0 Å². The number of hydrogen-bond donors (Lipinski definition) is 0. The van der Waals surface area contributed by atoms with Gasteiger partial charge in [-0.2, -0.15) is 5.10 Å². The molecule has 0 bridgehead atoms. The van der Waals surface area contributed by atoms with E-state index in [2.05, 4.69) is 15.1 Å². The molecule has 0 radical (unpaired) electrons. The molecule has 0 aliphatic rings. The Morgan fingerprint density at radius 3 is 2.62 bits per heavy atom. The van der Waals surface area contributed by atoms with Crippen molar-refractivity contribution in [3.63, 3.8) is 0 Å². The third-order valence-electron chi connectivity index (χ3n) is 3.74. The molecule has 0 aliphatic heterocycles. The molecule has 3 aromatic rings. The summed E-state index contributed by atoms with van der Waals surface area (Å²) in [7, 11) is -0.134. The van der Waals surface area contributed by atoms with E-state index >= 15 is 0 Å². The van der Waals surface area contributed by atoms with Gasteiger partial charge in [0.05, 0.1) is 23.0 Å². The number of thioether (sulfide) groups is 1. The number of benzene rings is 1. The zero-order valence-corrected chi connectivity index (χ0v) is 16.0. The zero-order valence-electron chi connectivity index (χ0n) is 14.3. The molecule has 26 heavy (non-hydrogen) atoms. The lowest BCUT2D eigenvalue weighted by molar-refractivity contribution is 0.520. The van der Waals surface area contributed by atoms with Gasteiger partial charge in [0.1, 0.15) is 17.2 Å². The minimum atomic E-state index is -3.19. The number of rotatable bonds is 7. The second-order valence-corrected chi connectivity index (χ2v) is 9.14. The number of sulfonamides is 1. The van der Waals surface area contributed by atoms with Gasteiger partial charge in [0, 0.05) is 19.8 Å². The third-order valence-corrected chi connectivity index (χ3v) is 6.75. The fraction of sp³-hybridized carbons (Fsp3) is 0.312. The molecular formula is C16H18FN5O2S2. The van der Waals surface area contributed by atoms with Crippen molar-refractivity contribution in [2.75, 3.05) is 25.6 Å². The maximum atomic E-state index is 13.1. The van der Waals surface area contributed by atoms with Crippen LogP contribution in [0, 0.1) is 5.82 Å². The molecular weight excluding hydrogens is 377 g/mol. The first-order valence-electron chi connectivity index (χ1n) is 7.86. The molecule has 0 spiro atoms. The summed E-state index contributed by atoms with van der Waals surface area (Å²) in [6.45, 7) is 0. The Morgan fingerprint density at radius 2 is 1.92 bits per heavy atom. The number of aromatic nitrogens is 4. The van der Waals surface area contributed by atoms with E-state index in [-0.39, 0.29) is 11.6 Å². The summed E-state index contributed by atoms with van der Waals surface area (Å²) in [4.78, 5) is 8.55. The van der Waals surface area contributed by atoms with Crippen molar-refractivity contribution in [3.05, 3.63) is 42.6 Å². The summed E-state index contributed by atoms with van der Waals surface area (Å²) in [6, 6.07) is 5.99. The second-order valence-electron chi connectivity index (χ2n) is 5.75. The van der Waals surface area contributed by atoms with Gasteiger partial charge in [-0.3, -0.25) is 0 Å². The van der Waals surface area contributed by atoms with E-state index in [1.807, 2.05) is 0 Å². The molecule has 3 rings (SSSR count). The average Bonchev–Trinajstić information content (AvgIpc) is 3.04. The van der Waals surface area contributed by atoms with Crippen LogP contribution in [0.25, 0.3) is 16.7 Å². The molecule has 0 saturated heterocycles. The highest BCUT2D eigenvalue weighted by molar-refractivity contribution is 7.99. The van der Waals surface area contributed by atoms with E-state index < -0.39 is 10.0 Å². The molecule has 2 aromatic heterocycles. The first-order valence-corrected chi connectivity index (χ1v) is 10.5. The summed E-state index contributed by atoms with van der Waals surface area (Å²) in [5.41, 5.74) is 1.32. The summed E-state index contributed by atoms with van der Waals surface area (Å²) in [6.07, 6.45) is 3.63. The van der Waals surface area contributed by atoms with Crippen LogP contribution in [0.2, 0.25) is 0 Å². The molecule has 0 amide bonds. The summed E-state index contributed by atoms with van der Waals surface area (Å²) in [5, 5.41) is 5.84. The Bertz CT molecular complexity index is 1000. The molecule has 0 N–H and O–H groups in total. The van der Waals surface area contributed by atoms with Gasteiger partial charge in [-0.25, -0.2) is 31.8 Å². The van der Waals surface area contributed by atoms with Crippen LogP contribution in [0.3, 0.4) is 0 Å². The molecule has 138 valence electrons. The number of fused-ring (bicyclic) bond motifs is 1. The van der Waals surface area contributed by atoms with E-state index in [1.165, 1.54) is 48.6 Å². The highest BCUT2D eigenvalue weighted by atomic mass is 32.2. The second kappa shape index (κ2) is 7.68. The van der Waals surface area contributed by atoms with Gasteiger partial charge < -0.3 is 0 Å². The lowest BCUT2D eigenvalue weighted by atomic mass is 10.3. The Morgan fingerprint density at radius 1 is 1.19 bits per heavy atom. The van der Waals surface area contributed by atoms with Crippen molar-refractivity contribution in [2.24, 2.45) is 0 Å². The van der Waals surface area contributed by atoms with Gasteiger partial charge in [-0.15, -0.1) is 11.8 Å². The zero-order chi connectivity index (χ0) is 18.7. The summed E-state index contributed by atoms with van der Waals surface area (Å²) < 4.78 is 39.5. The number of nitrogens with zero attached hydrogens (tertiary/aromatic N) is 5. The Hall–Kier alpha value is -2.04. The monoisotopic (exact) mass is 395 g/mol. The Balaban J connectivity index is 1.75. The van der Waals surface area contributed by atoms with Crippen LogP contribution in [0.5, 0.6) is 0 Å². The molecule has 0 saturated carbocycles. The first kappa shape index (κ1) is 18.7. The molecule has 0 atom stereocenters. The SMILES string of the molecule is CN(C)S(=O)(=O)CCCSc1ncnc2c1cnn2-c1ccc(F)cc1. The van der Waals surface area contributed by atoms with Gasteiger partial charge >= 0.3 is 0 Å². The van der Waals surface area contributed by atoms with Crippen LogP contribution in [0.15, 0.2) is 41.8 Å². The molecule has 10 heteroatoms. The molecule has 0 aliphatic carbocycles. The van der Waals surface area contributed by atoms with E-state index in [1.54, 1.807) is 23.0 Å². The number of hydrogen-bond acceptors (Lipinski definition) is 6. The van der Waals surface area contributed by atoms with Crippen molar-refractivity contribution in [1.82, 2.24) is 24.1 Å². The highest BCUT2D eigenvalue weighted by Crippen LogP contribution is 2.26. The topological polar surface area (TPSA) is 81.0 Å². The number of halogens is 1. The maximum absolute atomic E-state index is 13.1. The predicted molar refractivity (Wildman–Crippen MR) is 99.4 cm³/mol. The molecule has 7 nitrogen and oxygen atoms in total. The highest BCUT2D eigenvalue weighted by Gasteiger charge is 2.14. The van der Waals surface area contributed by atoms with Crippen molar-refractivity contribution in [1.29, 1.82) is 0 Å². The molecule has 2 heterocycles.